The maximum absolute atomic E-state index is 11.7. The molecule has 0 saturated carbocycles. The van der Waals surface area contributed by atoms with Crippen LogP contribution in [0, 0.1) is 5.41 Å². The number of guanidine groups is 1. The van der Waals surface area contributed by atoms with Crippen molar-refractivity contribution in [1.29, 1.82) is 0 Å². The Kier molecular flexibility index (Phi) is 4.69. The highest BCUT2D eigenvalue weighted by Crippen LogP contribution is 2.35. The number of carbonyl (C=O) groups is 2. The van der Waals surface area contributed by atoms with E-state index in [-0.39, 0.29) is 23.8 Å². The molecule has 0 aromatic rings. The summed E-state index contributed by atoms with van der Waals surface area (Å²) in [6.45, 7) is 2.70. The standard InChI is InChI=1S/C14H25N5O2/c1-15-13(16-8-12(21)18(2)3)19-6-4-5-14(10-19)7-11(20)17-9-14/h4-10H2,1-3H3,(H,15,16)(H,17,20). The fourth-order valence-corrected chi connectivity index (χ4v) is 3.07. The fraction of sp³-hybridized carbons (Fsp3) is 0.786. The Labute approximate surface area is 125 Å². The van der Waals surface area contributed by atoms with Crippen molar-refractivity contribution in [3.8, 4) is 0 Å². The summed E-state index contributed by atoms with van der Waals surface area (Å²) in [6, 6.07) is 0. The summed E-state index contributed by atoms with van der Waals surface area (Å²) in [6.07, 6.45) is 2.70. The first-order chi connectivity index (χ1) is 9.96. The highest BCUT2D eigenvalue weighted by molar-refractivity contribution is 5.86. The monoisotopic (exact) mass is 295 g/mol. The Hall–Kier alpha value is -1.79. The smallest absolute Gasteiger partial charge is 0.241 e. The Morgan fingerprint density at radius 2 is 2.29 bits per heavy atom. The minimum Gasteiger partial charge on any atom is -0.355 e. The van der Waals surface area contributed by atoms with Crippen LogP contribution >= 0.6 is 0 Å². The molecule has 0 aromatic heterocycles. The van der Waals surface area contributed by atoms with Gasteiger partial charge in [0.1, 0.15) is 0 Å². The molecule has 2 aliphatic rings. The van der Waals surface area contributed by atoms with Gasteiger partial charge in [0.2, 0.25) is 11.8 Å². The van der Waals surface area contributed by atoms with Crippen LogP contribution < -0.4 is 10.6 Å². The lowest BCUT2D eigenvalue weighted by molar-refractivity contribution is -0.127. The second-order valence-electron chi connectivity index (χ2n) is 6.17. The van der Waals surface area contributed by atoms with Gasteiger partial charge < -0.3 is 20.4 Å². The molecule has 1 spiro atoms. The summed E-state index contributed by atoms with van der Waals surface area (Å²) in [4.78, 5) is 31.2. The summed E-state index contributed by atoms with van der Waals surface area (Å²) in [7, 11) is 5.19. The van der Waals surface area contributed by atoms with Crippen molar-refractivity contribution in [3.63, 3.8) is 0 Å². The number of carbonyl (C=O) groups excluding carboxylic acids is 2. The number of hydrogen-bond donors (Lipinski definition) is 2. The minimum absolute atomic E-state index is 0.0144. The molecule has 2 heterocycles. The molecule has 2 aliphatic heterocycles. The normalized spacial score (nSPS) is 26.0. The summed E-state index contributed by atoms with van der Waals surface area (Å²) in [5, 5.41) is 6.05. The van der Waals surface area contributed by atoms with E-state index in [1.165, 1.54) is 0 Å². The van der Waals surface area contributed by atoms with Crippen molar-refractivity contribution in [1.82, 2.24) is 20.4 Å². The third-order valence-corrected chi connectivity index (χ3v) is 4.27. The maximum atomic E-state index is 11.7. The van der Waals surface area contributed by atoms with E-state index in [4.69, 9.17) is 0 Å². The summed E-state index contributed by atoms with van der Waals surface area (Å²) >= 11 is 0. The zero-order valence-corrected chi connectivity index (χ0v) is 13.1. The molecule has 21 heavy (non-hydrogen) atoms. The molecule has 7 heteroatoms. The highest BCUT2D eigenvalue weighted by atomic mass is 16.2. The number of nitrogens with zero attached hydrogens (tertiary/aromatic N) is 3. The molecule has 118 valence electrons. The molecule has 0 radical (unpaired) electrons. The summed E-state index contributed by atoms with van der Waals surface area (Å²) < 4.78 is 0. The van der Waals surface area contributed by atoms with Crippen molar-refractivity contribution < 1.29 is 9.59 Å². The zero-order chi connectivity index (χ0) is 15.5. The third-order valence-electron chi connectivity index (χ3n) is 4.27. The van der Waals surface area contributed by atoms with Gasteiger partial charge in [0.25, 0.3) is 0 Å². The van der Waals surface area contributed by atoms with Gasteiger partial charge in [0.15, 0.2) is 5.96 Å². The SMILES string of the molecule is CN=C(NCC(=O)N(C)C)N1CCCC2(CNC(=O)C2)C1. The minimum atomic E-state index is 0.0144. The van der Waals surface area contributed by atoms with Gasteiger partial charge in [-0.2, -0.15) is 0 Å². The molecule has 2 amide bonds. The summed E-state index contributed by atoms with van der Waals surface area (Å²) in [5.74, 6) is 0.895. The number of nitrogens with one attached hydrogen (secondary N) is 2. The number of rotatable bonds is 2. The highest BCUT2D eigenvalue weighted by Gasteiger charge is 2.42. The lowest BCUT2D eigenvalue weighted by Crippen LogP contribution is -2.52. The fourth-order valence-electron chi connectivity index (χ4n) is 3.07. The van der Waals surface area contributed by atoms with Crippen molar-refractivity contribution >= 4 is 17.8 Å². The van der Waals surface area contributed by atoms with Gasteiger partial charge in [-0.15, -0.1) is 0 Å². The van der Waals surface area contributed by atoms with Gasteiger partial charge in [0.05, 0.1) is 6.54 Å². The predicted molar refractivity (Wildman–Crippen MR) is 80.9 cm³/mol. The van der Waals surface area contributed by atoms with Crippen LogP contribution in [0.3, 0.4) is 0 Å². The average Bonchev–Trinajstić information content (AvgIpc) is 2.80. The molecule has 2 rings (SSSR count). The van der Waals surface area contributed by atoms with Crippen molar-refractivity contribution in [2.75, 3.05) is 47.3 Å². The number of piperidine rings is 1. The number of likely N-dealkylation sites (N-methyl/N-ethyl adjacent to an activating group) is 1. The molecule has 1 unspecified atom stereocenters. The van der Waals surface area contributed by atoms with Gasteiger partial charge in [-0.1, -0.05) is 0 Å². The van der Waals surface area contributed by atoms with E-state index in [9.17, 15) is 9.59 Å². The Morgan fingerprint density at radius 3 is 2.86 bits per heavy atom. The van der Waals surface area contributed by atoms with E-state index in [2.05, 4.69) is 20.5 Å². The van der Waals surface area contributed by atoms with Crippen LogP contribution in [0.2, 0.25) is 0 Å². The van der Waals surface area contributed by atoms with E-state index in [1.807, 2.05) is 0 Å². The zero-order valence-electron chi connectivity index (χ0n) is 13.1. The van der Waals surface area contributed by atoms with Crippen LogP contribution in [0.1, 0.15) is 19.3 Å². The van der Waals surface area contributed by atoms with E-state index in [0.29, 0.717) is 6.42 Å². The average molecular weight is 295 g/mol. The topological polar surface area (TPSA) is 77.0 Å². The quantitative estimate of drug-likeness (QED) is 0.519. The van der Waals surface area contributed by atoms with Gasteiger partial charge in [0, 0.05) is 52.6 Å². The molecule has 2 N–H and O–H groups in total. The predicted octanol–water partition coefficient (Wildman–Crippen LogP) is -0.748. The third kappa shape index (κ3) is 3.65. The first-order valence-electron chi connectivity index (χ1n) is 7.38. The van der Waals surface area contributed by atoms with E-state index in [0.717, 1.165) is 38.4 Å². The second-order valence-corrected chi connectivity index (χ2v) is 6.17. The number of amides is 2. The van der Waals surface area contributed by atoms with Crippen molar-refractivity contribution in [2.24, 2.45) is 10.4 Å². The molecule has 2 saturated heterocycles. The van der Waals surface area contributed by atoms with Crippen LogP contribution in [-0.4, -0.2) is 74.9 Å². The molecular formula is C14H25N5O2. The van der Waals surface area contributed by atoms with Crippen LogP contribution in [0.4, 0.5) is 0 Å². The molecule has 1 atom stereocenters. The molecule has 0 bridgehead atoms. The van der Waals surface area contributed by atoms with Crippen LogP contribution in [0.5, 0.6) is 0 Å². The van der Waals surface area contributed by atoms with Gasteiger partial charge in [-0.05, 0) is 12.8 Å². The van der Waals surface area contributed by atoms with Gasteiger partial charge >= 0.3 is 0 Å². The second kappa shape index (κ2) is 6.32. The molecule has 0 aliphatic carbocycles. The molecule has 0 aromatic carbocycles. The van der Waals surface area contributed by atoms with E-state index < -0.39 is 0 Å². The van der Waals surface area contributed by atoms with Crippen LogP contribution in [-0.2, 0) is 9.59 Å². The Balaban J connectivity index is 1.95. The van der Waals surface area contributed by atoms with Crippen LogP contribution in [0.25, 0.3) is 0 Å². The maximum Gasteiger partial charge on any atom is 0.241 e. The van der Waals surface area contributed by atoms with E-state index >= 15 is 0 Å². The number of hydrogen-bond acceptors (Lipinski definition) is 3. The molecular weight excluding hydrogens is 270 g/mol. The Bertz CT molecular complexity index is 449. The van der Waals surface area contributed by atoms with Gasteiger partial charge in [-0.25, -0.2) is 0 Å². The summed E-state index contributed by atoms with van der Waals surface area (Å²) in [5.41, 5.74) is 0.0263. The Morgan fingerprint density at radius 1 is 1.52 bits per heavy atom. The first-order valence-corrected chi connectivity index (χ1v) is 7.38. The van der Waals surface area contributed by atoms with Crippen LogP contribution in [0.15, 0.2) is 4.99 Å². The van der Waals surface area contributed by atoms with E-state index in [1.54, 1.807) is 26.0 Å². The lowest BCUT2D eigenvalue weighted by atomic mass is 9.79. The number of likely N-dealkylation sites (tertiary alicyclic amines) is 1. The number of aliphatic imine (C=N–C) groups is 1. The van der Waals surface area contributed by atoms with Gasteiger partial charge in [-0.3, -0.25) is 14.6 Å². The molecule has 2 fully saturated rings. The van der Waals surface area contributed by atoms with Crippen molar-refractivity contribution in [3.05, 3.63) is 0 Å². The first kappa shape index (κ1) is 15.6. The largest absolute Gasteiger partial charge is 0.355 e. The molecule has 7 nitrogen and oxygen atoms in total. The lowest BCUT2D eigenvalue weighted by Gasteiger charge is -2.40. The van der Waals surface area contributed by atoms with Crippen molar-refractivity contribution in [2.45, 2.75) is 19.3 Å².